The number of nitrogens with one attached hydrogen (secondary N) is 1. The van der Waals surface area contributed by atoms with Gasteiger partial charge >= 0.3 is 0 Å². The lowest BCUT2D eigenvalue weighted by molar-refractivity contribution is 0.414. The van der Waals surface area contributed by atoms with Gasteiger partial charge in [0.2, 0.25) is 10.0 Å². The van der Waals surface area contributed by atoms with E-state index >= 15 is 0 Å². The van der Waals surface area contributed by atoms with Gasteiger partial charge in [-0.05, 0) is 53.4 Å². The molecule has 1 heterocycles. The summed E-state index contributed by atoms with van der Waals surface area (Å²) in [5.74, 6) is 0.459. The Morgan fingerprint density at radius 1 is 1.29 bits per heavy atom. The predicted octanol–water partition coefficient (Wildman–Crippen LogP) is 4.20. The Hall–Kier alpha value is -1.08. The molecule has 3 rings (SSSR count). The Balaban J connectivity index is 1.80. The second-order valence-corrected chi connectivity index (χ2v) is 9.07. The first-order valence-electron chi connectivity index (χ1n) is 7.83. The van der Waals surface area contributed by atoms with Crippen LogP contribution >= 0.6 is 22.9 Å². The quantitative estimate of drug-likeness (QED) is 0.810. The smallest absolute Gasteiger partial charge is 0.240 e. The van der Waals surface area contributed by atoms with Crippen LogP contribution in [0.4, 0.5) is 0 Å². The molecule has 7 heteroatoms. The van der Waals surface area contributed by atoms with Gasteiger partial charge < -0.3 is 4.74 Å². The molecule has 1 aliphatic carbocycles. The number of benzene rings is 1. The Morgan fingerprint density at radius 2 is 2.04 bits per heavy atom. The molecule has 2 aromatic rings. The number of rotatable bonds is 6. The number of hydrogen-bond acceptors (Lipinski definition) is 4. The molecule has 0 unspecified atom stereocenters. The minimum absolute atomic E-state index is 0.0939. The third kappa shape index (κ3) is 3.47. The monoisotopic (exact) mass is 385 g/mol. The highest BCUT2D eigenvalue weighted by Gasteiger charge is 2.37. The van der Waals surface area contributed by atoms with Gasteiger partial charge in [-0.3, -0.25) is 0 Å². The first-order valence-corrected chi connectivity index (χ1v) is 10.6. The van der Waals surface area contributed by atoms with Crippen molar-refractivity contribution in [1.29, 1.82) is 0 Å². The van der Waals surface area contributed by atoms with E-state index in [-0.39, 0.29) is 15.3 Å². The zero-order chi connectivity index (χ0) is 17.2. The average molecular weight is 386 g/mol. The molecule has 0 spiro atoms. The number of sulfonamides is 1. The fraction of sp³-hybridized carbons (Fsp3) is 0.412. The molecule has 1 saturated carbocycles. The number of methoxy groups -OCH3 is 1. The number of hydrogen-bond donors (Lipinski definition) is 1. The van der Waals surface area contributed by atoms with Gasteiger partial charge in [0, 0.05) is 12.0 Å². The topological polar surface area (TPSA) is 55.4 Å². The van der Waals surface area contributed by atoms with Gasteiger partial charge in [-0.2, -0.15) is 11.3 Å². The summed E-state index contributed by atoms with van der Waals surface area (Å²) in [6.07, 6.45) is 4.28. The molecule has 0 atom stereocenters. The minimum atomic E-state index is -3.61. The van der Waals surface area contributed by atoms with E-state index in [2.05, 4.69) is 16.2 Å². The summed E-state index contributed by atoms with van der Waals surface area (Å²) in [6, 6.07) is 6.61. The standard InChI is InChI=1S/C17H20ClNO3S2/c1-22-16-5-4-14(10-15(16)18)24(20,21)19-12-17(7-2-3-8-17)13-6-9-23-11-13/h4-6,9-11,19H,2-3,7-8,12H2,1H3. The Labute approximate surface area is 151 Å². The molecule has 1 aromatic heterocycles. The molecule has 1 aromatic carbocycles. The van der Waals surface area contributed by atoms with E-state index < -0.39 is 10.0 Å². The van der Waals surface area contributed by atoms with Crippen LogP contribution in [0.25, 0.3) is 0 Å². The molecule has 0 aliphatic heterocycles. The van der Waals surface area contributed by atoms with Crippen molar-refractivity contribution in [2.75, 3.05) is 13.7 Å². The Kier molecular flexibility index (Phi) is 5.20. The van der Waals surface area contributed by atoms with E-state index in [4.69, 9.17) is 16.3 Å². The van der Waals surface area contributed by atoms with E-state index in [9.17, 15) is 8.42 Å². The summed E-state index contributed by atoms with van der Waals surface area (Å²) in [5, 5.41) is 4.46. The Bertz CT molecular complexity index is 797. The first-order chi connectivity index (χ1) is 11.5. The number of ether oxygens (including phenoxy) is 1. The molecule has 1 aliphatic rings. The van der Waals surface area contributed by atoms with Crippen LogP contribution in [0.5, 0.6) is 5.75 Å². The second-order valence-electron chi connectivity index (χ2n) is 6.12. The van der Waals surface area contributed by atoms with Crippen LogP contribution in [-0.4, -0.2) is 22.1 Å². The lowest BCUT2D eigenvalue weighted by Gasteiger charge is -2.28. The molecule has 4 nitrogen and oxygen atoms in total. The molecule has 24 heavy (non-hydrogen) atoms. The largest absolute Gasteiger partial charge is 0.495 e. The maximum atomic E-state index is 12.6. The Morgan fingerprint density at radius 3 is 2.62 bits per heavy atom. The van der Waals surface area contributed by atoms with Gasteiger partial charge in [0.25, 0.3) is 0 Å². The van der Waals surface area contributed by atoms with Crippen molar-refractivity contribution < 1.29 is 13.2 Å². The van der Waals surface area contributed by atoms with Crippen LogP contribution in [0.2, 0.25) is 5.02 Å². The van der Waals surface area contributed by atoms with Gasteiger partial charge in [0.15, 0.2) is 0 Å². The summed E-state index contributed by atoms with van der Waals surface area (Å²) in [6.45, 7) is 0.412. The zero-order valence-corrected chi connectivity index (χ0v) is 15.8. The van der Waals surface area contributed by atoms with Crippen LogP contribution in [-0.2, 0) is 15.4 Å². The van der Waals surface area contributed by atoms with Crippen molar-refractivity contribution in [2.45, 2.75) is 36.0 Å². The maximum Gasteiger partial charge on any atom is 0.240 e. The molecular formula is C17H20ClNO3S2. The molecule has 0 radical (unpaired) electrons. The normalized spacial score (nSPS) is 17.1. The van der Waals surface area contributed by atoms with Crippen molar-refractivity contribution in [3.63, 3.8) is 0 Å². The third-order valence-electron chi connectivity index (χ3n) is 4.73. The molecule has 1 N–H and O–H groups in total. The van der Waals surface area contributed by atoms with E-state index in [0.29, 0.717) is 12.3 Å². The van der Waals surface area contributed by atoms with Crippen molar-refractivity contribution in [3.8, 4) is 5.75 Å². The number of halogens is 1. The van der Waals surface area contributed by atoms with Crippen molar-refractivity contribution in [3.05, 3.63) is 45.6 Å². The van der Waals surface area contributed by atoms with Crippen LogP contribution in [0, 0.1) is 0 Å². The summed E-state index contributed by atoms with van der Waals surface area (Å²) >= 11 is 7.71. The van der Waals surface area contributed by atoms with Gasteiger partial charge in [0.05, 0.1) is 17.0 Å². The molecule has 1 fully saturated rings. The average Bonchev–Trinajstić information content (AvgIpc) is 3.25. The van der Waals surface area contributed by atoms with E-state index in [1.165, 1.54) is 24.8 Å². The second kappa shape index (κ2) is 7.04. The molecular weight excluding hydrogens is 366 g/mol. The highest BCUT2D eigenvalue weighted by Crippen LogP contribution is 2.41. The van der Waals surface area contributed by atoms with Crippen LogP contribution < -0.4 is 9.46 Å². The summed E-state index contributed by atoms with van der Waals surface area (Å²) in [5.41, 5.74) is 1.14. The third-order valence-corrected chi connectivity index (χ3v) is 7.11. The van der Waals surface area contributed by atoms with Crippen LogP contribution in [0.1, 0.15) is 31.2 Å². The fourth-order valence-electron chi connectivity index (χ4n) is 3.32. The van der Waals surface area contributed by atoms with Crippen molar-refractivity contribution >= 4 is 33.0 Å². The van der Waals surface area contributed by atoms with Crippen molar-refractivity contribution in [2.24, 2.45) is 0 Å². The van der Waals surface area contributed by atoms with Gasteiger partial charge in [-0.25, -0.2) is 13.1 Å². The van der Waals surface area contributed by atoms with Crippen molar-refractivity contribution in [1.82, 2.24) is 4.72 Å². The molecule has 0 saturated heterocycles. The van der Waals surface area contributed by atoms with Gasteiger partial charge in [-0.15, -0.1) is 0 Å². The SMILES string of the molecule is COc1ccc(S(=O)(=O)NCC2(c3ccsc3)CCCC2)cc1Cl. The van der Waals surface area contributed by atoms with E-state index in [1.54, 1.807) is 17.4 Å². The summed E-state index contributed by atoms with van der Waals surface area (Å²) < 4.78 is 33.2. The fourth-order valence-corrected chi connectivity index (χ4v) is 5.57. The molecule has 0 amide bonds. The van der Waals surface area contributed by atoms with Gasteiger partial charge in [-0.1, -0.05) is 24.4 Å². The summed E-state index contributed by atoms with van der Waals surface area (Å²) in [7, 11) is -2.11. The molecule has 130 valence electrons. The van der Waals surface area contributed by atoms with E-state index in [0.717, 1.165) is 25.7 Å². The highest BCUT2D eigenvalue weighted by molar-refractivity contribution is 7.89. The maximum absolute atomic E-state index is 12.6. The minimum Gasteiger partial charge on any atom is -0.495 e. The van der Waals surface area contributed by atoms with Crippen LogP contribution in [0.3, 0.4) is 0 Å². The van der Waals surface area contributed by atoms with Gasteiger partial charge in [0.1, 0.15) is 5.75 Å². The number of thiophene rings is 1. The summed E-state index contributed by atoms with van der Waals surface area (Å²) in [4.78, 5) is 0.159. The van der Waals surface area contributed by atoms with Crippen LogP contribution in [0.15, 0.2) is 39.9 Å². The lowest BCUT2D eigenvalue weighted by atomic mass is 9.81. The molecule has 0 bridgehead atoms. The lowest BCUT2D eigenvalue weighted by Crippen LogP contribution is -2.38. The first kappa shape index (κ1) is 17.7. The zero-order valence-electron chi connectivity index (χ0n) is 13.4. The highest BCUT2D eigenvalue weighted by atomic mass is 35.5. The predicted molar refractivity (Wildman–Crippen MR) is 97.7 cm³/mol. The van der Waals surface area contributed by atoms with E-state index in [1.807, 2.05) is 5.38 Å².